The molecule has 0 aliphatic rings. The largest absolute Gasteiger partial charge is 0.480 e. The normalized spacial score (nSPS) is 14.3. The van der Waals surface area contributed by atoms with Crippen molar-refractivity contribution in [1.82, 2.24) is 16.0 Å². The molecule has 4 atom stereocenters. The van der Waals surface area contributed by atoms with Gasteiger partial charge in [-0.15, -0.1) is 0 Å². The van der Waals surface area contributed by atoms with Crippen LogP contribution in [0.4, 0.5) is 0 Å². The van der Waals surface area contributed by atoms with Gasteiger partial charge in [-0.1, -0.05) is 0 Å². The van der Waals surface area contributed by atoms with Gasteiger partial charge in [0.15, 0.2) is 5.96 Å². The van der Waals surface area contributed by atoms with E-state index in [4.69, 9.17) is 28.0 Å². The van der Waals surface area contributed by atoms with Gasteiger partial charge in [0.25, 0.3) is 0 Å². The van der Waals surface area contributed by atoms with Gasteiger partial charge in [0.2, 0.25) is 23.6 Å². The van der Waals surface area contributed by atoms with Gasteiger partial charge in [0.1, 0.15) is 18.1 Å². The molecule has 0 fully saturated rings. The zero-order valence-corrected chi connectivity index (χ0v) is 17.9. The van der Waals surface area contributed by atoms with Crippen molar-refractivity contribution < 1.29 is 29.1 Å². The van der Waals surface area contributed by atoms with Crippen LogP contribution in [0.25, 0.3) is 0 Å². The van der Waals surface area contributed by atoms with Gasteiger partial charge in [-0.2, -0.15) is 12.6 Å². The molecule has 0 bridgehead atoms. The summed E-state index contributed by atoms with van der Waals surface area (Å²) in [5.74, 6) is -4.67. The SMILES string of the molecule is CC(NC(=O)C(N)CC(N)=O)C(=O)NC(CCCN=C(N)N)C(=O)NC(CS)C(=O)O. The molecule has 0 radical (unpaired) electrons. The van der Waals surface area contributed by atoms with Crippen LogP contribution in [-0.2, 0) is 24.0 Å². The summed E-state index contributed by atoms with van der Waals surface area (Å²) in [6, 6.07) is -4.75. The summed E-state index contributed by atoms with van der Waals surface area (Å²) in [6.45, 7) is 1.51. The number of nitrogens with two attached hydrogens (primary N) is 4. The summed E-state index contributed by atoms with van der Waals surface area (Å²) in [5, 5.41) is 16.1. The summed E-state index contributed by atoms with van der Waals surface area (Å²) in [7, 11) is 0. The van der Waals surface area contributed by atoms with Crippen LogP contribution in [0.3, 0.4) is 0 Å². The third-order valence-electron chi connectivity index (χ3n) is 3.89. The summed E-state index contributed by atoms with van der Waals surface area (Å²) in [5.41, 5.74) is 21.0. The van der Waals surface area contributed by atoms with Crippen molar-refractivity contribution in [2.24, 2.45) is 27.9 Å². The molecule has 0 aliphatic carbocycles. The number of carboxylic acids is 1. The van der Waals surface area contributed by atoms with Crippen LogP contribution >= 0.6 is 12.6 Å². The first-order valence-electron chi connectivity index (χ1n) is 9.23. The van der Waals surface area contributed by atoms with Crippen molar-refractivity contribution in [3.05, 3.63) is 0 Å². The van der Waals surface area contributed by atoms with Crippen LogP contribution in [0.5, 0.6) is 0 Å². The van der Waals surface area contributed by atoms with Crippen LogP contribution < -0.4 is 38.9 Å². The number of carbonyl (C=O) groups excluding carboxylic acids is 4. The van der Waals surface area contributed by atoms with Gasteiger partial charge in [-0.25, -0.2) is 4.79 Å². The molecule has 0 aliphatic heterocycles. The van der Waals surface area contributed by atoms with Crippen LogP contribution in [0.1, 0.15) is 26.2 Å². The van der Waals surface area contributed by atoms with Crippen molar-refractivity contribution in [3.63, 3.8) is 0 Å². The van der Waals surface area contributed by atoms with E-state index in [1.807, 2.05) is 0 Å². The Morgan fingerprint density at radius 3 is 2.03 bits per heavy atom. The summed E-state index contributed by atoms with van der Waals surface area (Å²) < 4.78 is 0. The van der Waals surface area contributed by atoms with Crippen molar-refractivity contribution >= 4 is 48.2 Å². The second kappa shape index (κ2) is 14.0. The Labute approximate surface area is 184 Å². The highest BCUT2D eigenvalue weighted by Crippen LogP contribution is 2.02. The number of nitrogens with zero attached hydrogens (tertiary/aromatic N) is 1. The van der Waals surface area contributed by atoms with Gasteiger partial charge < -0.3 is 44.0 Å². The maximum Gasteiger partial charge on any atom is 0.327 e. The quantitative estimate of drug-likeness (QED) is 0.0523. The molecule has 0 rings (SSSR count). The summed E-state index contributed by atoms with van der Waals surface area (Å²) in [4.78, 5) is 62.6. The number of primary amides is 1. The number of aliphatic carboxylic acids is 1. The van der Waals surface area contributed by atoms with E-state index in [0.717, 1.165) is 0 Å². The van der Waals surface area contributed by atoms with Gasteiger partial charge in [0, 0.05) is 12.3 Å². The Kier molecular flexibility index (Phi) is 12.6. The Bertz CT molecular complexity index is 700. The number of guanidine groups is 1. The molecule has 0 aromatic rings. The monoisotopic (exact) mass is 462 g/mol. The molecule has 0 saturated carbocycles. The Balaban J connectivity index is 5.12. The van der Waals surface area contributed by atoms with E-state index in [1.165, 1.54) is 6.92 Å². The minimum absolute atomic E-state index is 0.0785. The second-order valence-corrected chi connectivity index (χ2v) is 6.96. The molecule has 0 saturated heterocycles. The van der Waals surface area contributed by atoms with Crippen molar-refractivity contribution in [3.8, 4) is 0 Å². The lowest BCUT2D eigenvalue weighted by Gasteiger charge is -2.23. The van der Waals surface area contributed by atoms with E-state index in [9.17, 15) is 24.0 Å². The third kappa shape index (κ3) is 11.6. The molecule has 0 heterocycles. The predicted molar refractivity (Wildman–Crippen MR) is 115 cm³/mol. The van der Waals surface area contributed by atoms with Gasteiger partial charge >= 0.3 is 5.97 Å². The molecule has 0 spiro atoms. The number of carboxylic acid groups (broad SMARTS) is 1. The fraction of sp³-hybridized carbons (Fsp3) is 0.625. The zero-order valence-electron chi connectivity index (χ0n) is 17.0. The number of carbonyl (C=O) groups is 5. The zero-order chi connectivity index (χ0) is 24.1. The molecule has 15 heteroatoms. The number of hydrogen-bond acceptors (Lipinski definition) is 8. The van der Waals surface area contributed by atoms with E-state index >= 15 is 0 Å². The van der Waals surface area contributed by atoms with E-state index in [2.05, 4.69) is 33.6 Å². The van der Waals surface area contributed by atoms with E-state index in [-0.39, 0.29) is 24.7 Å². The number of amides is 4. The molecule has 0 aromatic carbocycles. The second-order valence-electron chi connectivity index (χ2n) is 6.60. The van der Waals surface area contributed by atoms with Crippen molar-refractivity contribution in [2.75, 3.05) is 12.3 Å². The number of rotatable bonds is 14. The van der Waals surface area contributed by atoms with Gasteiger partial charge in [0.05, 0.1) is 12.5 Å². The minimum atomic E-state index is -1.29. The van der Waals surface area contributed by atoms with Crippen molar-refractivity contribution in [2.45, 2.75) is 50.4 Å². The fourth-order valence-electron chi connectivity index (χ4n) is 2.22. The van der Waals surface area contributed by atoms with E-state index in [0.29, 0.717) is 6.42 Å². The maximum atomic E-state index is 12.5. The van der Waals surface area contributed by atoms with Crippen LogP contribution in [0.2, 0.25) is 0 Å². The lowest BCUT2D eigenvalue weighted by molar-refractivity contribution is -0.141. The minimum Gasteiger partial charge on any atom is -0.480 e. The number of aliphatic imine (C=N–C) groups is 1. The first kappa shape index (κ1) is 27.9. The summed E-state index contributed by atoms with van der Waals surface area (Å²) >= 11 is 3.87. The highest BCUT2D eigenvalue weighted by Gasteiger charge is 2.28. The molecule has 176 valence electrons. The average Bonchev–Trinajstić information content (AvgIpc) is 2.66. The molecule has 14 nitrogen and oxygen atoms in total. The van der Waals surface area contributed by atoms with E-state index in [1.54, 1.807) is 0 Å². The molecule has 4 unspecified atom stereocenters. The van der Waals surface area contributed by atoms with Gasteiger partial charge in [-0.3, -0.25) is 24.2 Å². The highest BCUT2D eigenvalue weighted by atomic mass is 32.1. The molecule has 31 heavy (non-hydrogen) atoms. The van der Waals surface area contributed by atoms with Gasteiger partial charge in [-0.05, 0) is 19.8 Å². The Hall–Kier alpha value is -3.07. The number of nitrogens with one attached hydrogen (secondary N) is 3. The number of hydrogen-bond donors (Lipinski definition) is 9. The predicted octanol–water partition coefficient (Wildman–Crippen LogP) is -4.27. The highest BCUT2D eigenvalue weighted by molar-refractivity contribution is 7.80. The molecule has 12 N–H and O–H groups in total. The maximum absolute atomic E-state index is 12.5. The fourth-order valence-corrected chi connectivity index (χ4v) is 2.47. The summed E-state index contributed by atoms with van der Waals surface area (Å²) in [6.07, 6.45) is -0.0372. The number of thiol groups is 1. The smallest absolute Gasteiger partial charge is 0.327 e. The first-order chi connectivity index (χ1) is 14.4. The van der Waals surface area contributed by atoms with Crippen LogP contribution in [0, 0.1) is 0 Å². The Morgan fingerprint density at radius 2 is 1.55 bits per heavy atom. The first-order valence-corrected chi connectivity index (χ1v) is 9.86. The van der Waals surface area contributed by atoms with Crippen LogP contribution in [-0.4, -0.2) is 77.1 Å². The average molecular weight is 463 g/mol. The van der Waals surface area contributed by atoms with Crippen molar-refractivity contribution in [1.29, 1.82) is 0 Å². The lowest BCUT2D eigenvalue weighted by atomic mass is 10.1. The van der Waals surface area contributed by atoms with Crippen LogP contribution in [0.15, 0.2) is 4.99 Å². The topological polar surface area (TPSA) is 258 Å². The standard InChI is InChI=1S/C16H30N8O6S/c1-7(22-13(27)8(17)5-11(18)25)12(26)23-9(3-2-4-21-16(19)20)14(28)24-10(6-31)15(29)30/h7-10,31H,2-6,17H2,1H3,(H2,18,25)(H,22,27)(H,23,26)(H,24,28)(H,29,30)(H4,19,20,21). The lowest BCUT2D eigenvalue weighted by Crippen LogP contribution is -2.56. The molecular formula is C16H30N8O6S. The molecule has 4 amide bonds. The molecular weight excluding hydrogens is 432 g/mol. The Morgan fingerprint density at radius 1 is 0.968 bits per heavy atom. The molecule has 0 aromatic heterocycles. The third-order valence-corrected chi connectivity index (χ3v) is 4.25. The van der Waals surface area contributed by atoms with E-state index < -0.39 is 60.2 Å².